The normalized spacial score (nSPS) is 17.0. The van der Waals surface area contributed by atoms with E-state index in [1.807, 2.05) is 6.07 Å². The van der Waals surface area contributed by atoms with Crippen LogP contribution in [0.25, 0.3) is 0 Å². The molecule has 1 unspecified atom stereocenters. The summed E-state index contributed by atoms with van der Waals surface area (Å²) in [4.78, 5) is 15.0. The molecule has 6 heteroatoms. The molecule has 0 fully saturated rings. The maximum atomic E-state index is 13.9. The summed E-state index contributed by atoms with van der Waals surface area (Å²) in [6.45, 7) is 0.453. The highest BCUT2D eigenvalue weighted by atomic mass is 19.1. The number of rotatable bonds is 3. The molecule has 1 aliphatic rings. The van der Waals surface area contributed by atoms with E-state index in [9.17, 15) is 9.18 Å². The molecule has 2 heterocycles. The fourth-order valence-corrected chi connectivity index (χ4v) is 2.53. The van der Waals surface area contributed by atoms with E-state index in [1.54, 1.807) is 18.2 Å². The van der Waals surface area contributed by atoms with Crippen LogP contribution in [0.5, 0.6) is 5.75 Å². The number of pyridine rings is 1. The molecule has 0 saturated carbocycles. The van der Waals surface area contributed by atoms with Crippen LogP contribution in [0.1, 0.15) is 34.9 Å². The van der Waals surface area contributed by atoms with Gasteiger partial charge in [0.15, 0.2) is 17.3 Å². The topological polar surface area (TPSA) is 71.5 Å². The van der Waals surface area contributed by atoms with Crippen LogP contribution in [0, 0.1) is 5.82 Å². The van der Waals surface area contributed by atoms with Crippen molar-refractivity contribution in [3.8, 4) is 5.75 Å². The molecule has 3 rings (SSSR count). The van der Waals surface area contributed by atoms with E-state index < -0.39 is 11.8 Å². The van der Waals surface area contributed by atoms with E-state index in [1.165, 1.54) is 12.1 Å². The molecular formula is C16H15FN2O3. The lowest BCUT2D eigenvalue weighted by Crippen LogP contribution is -2.13. The first kappa shape index (κ1) is 14.3. The van der Waals surface area contributed by atoms with Crippen molar-refractivity contribution >= 4 is 11.8 Å². The molecule has 0 aliphatic carbocycles. The van der Waals surface area contributed by atoms with Crippen molar-refractivity contribution in [3.63, 3.8) is 0 Å². The SMILES string of the molecule is O=C(O)c1cccc(NC2CCCOc3c(F)cccc32)n1. The quantitative estimate of drug-likeness (QED) is 0.910. The molecule has 1 aliphatic heterocycles. The number of hydrogen-bond donors (Lipinski definition) is 2. The van der Waals surface area contributed by atoms with Gasteiger partial charge in [0.05, 0.1) is 12.6 Å². The van der Waals surface area contributed by atoms with Crippen molar-refractivity contribution in [3.05, 3.63) is 53.5 Å². The molecule has 114 valence electrons. The largest absolute Gasteiger partial charge is 0.490 e. The number of anilines is 1. The number of benzene rings is 1. The van der Waals surface area contributed by atoms with Crippen LogP contribution in [0.4, 0.5) is 10.2 Å². The number of halogens is 1. The predicted molar refractivity (Wildman–Crippen MR) is 78.7 cm³/mol. The minimum Gasteiger partial charge on any atom is -0.490 e. The molecule has 0 saturated heterocycles. The van der Waals surface area contributed by atoms with E-state index >= 15 is 0 Å². The number of carbonyl (C=O) groups is 1. The zero-order valence-electron chi connectivity index (χ0n) is 11.8. The Hall–Kier alpha value is -2.63. The van der Waals surface area contributed by atoms with Crippen LogP contribution in [-0.2, 0) is 0 Å². The first-order chi connectivity index (χ1) is 10.6. The average molecular weight is 302 g/mol. The highest BCUT2D eigenvalue weighted by Gasteiger charge is 2.22. The van der Waals surface area contributed by atoms with Crippen LogP contribution in [0.3, 0.4) is 0 Å². The summed E-state index contributed by atoms with van der Waals surface area (Å²) in [6, 6.07) is 9.38. The molecule has 0 bridgehead atoms. The van der Waals surface area contributed by atoms with Crippen molar-refractivity contribution in [1.82, 2.24) is 4.98 Å². The second-order valence-corrected chi connectivity index (χ2v) is 5.06. The summed E-state index contributed by atoms with van der Waals surface area (Å²) in [5.74, 6) is -0.772. The molecule has 1 aromatic heterocycles. The van der Waals surface area contributed by atoms with Gasteiger partial charge in [-0.25, -0.2) is 14.2 Å². The fraction of sp³-hybridized carbons (Fsp3) is 0.250. The van der Waals surface area contributed by atoms with Crippen LogP contribution in [-0.4, -0.2) is 22.7 Å². The first-order valence-corrected chi connectivity index (χ1v) is 7.03. The lowest BCUT2D eigenvalue weighted by Gasteiger charge is -2.19. The Labute approximate surface area is 126 Å². The molecule has 1 atom stereocenters. The summed E-state index contributed by atoms with van der Waals surface area (Å²) in [5, 5.41) is 12.2. The summed E-state index contributed by atoms with van der Waals surface area (Å²) >= 11 is 0. The Morgan fingerprint density at radius 2 is 2.14 bits per heavy atom. The Bertz CT molecular complexity index is 706. The Morgan fingerprint density at radius 3 is 2.95 bits per heavy atom. The third-order valence-corrected chi connectivity index (χ3v) is 3.55. The number of nitrogens with one attached hydrogen (secondary N) is 1. The number of ether oxygens (including phenoxy) is 1. The van der Waals surface area contributed by atoms with Gasteiger partial charge in [0.2, 0.25) is 0 Å². The number of nitrogens with zero attached hydrogens (tertiary/aromatic N) is 1. The van der Waals surface area contributed by atoms with Crippen LogP contribution >= 0.6 is 0 Å². The minimum atomic E-state index is -1.08. The third-order valence-electron chi connectivity index (χ3n) is 3.55. The zero-order chi connectivity index (χ0) is 15.5. The van der Waals surface area contributed by atoms with Crippen LogP contribution < -0.4 is 10.1 Å². The van der Waals surface area contributed by atoms with Gasteiger partial charge in [0, 0.05) is 5.56 Å². The Balaban J connectivity index is 1.91. The number of aromatic carboxylic acids is 1. The Kier molecular flexibility index (Phi) is 3.91. The highest BCUT2D eigenvalue weighted by Crippen LogP contribution is 2.35. The van der Waals surface area contributed by atoms with Gasteiger partial charge in [0.25, 0.3) is 0 Å². The van der Waals surface area contributed by atoms with E-state index in [0.717, 1.165) is 18.4 Å². The summed E-state index contributed by atoms with van der Waals surface area (Å²) in [5.41, 5.74) is 0.689. The first-order valence-electron chi connectivity index (χ1n) is 7.03. The van der Waals surface area contributed by atoms with E-state index in [4.69, 9.17) is 9.84 Å². The van der Waals surface area contributed by atoms with E-state index in [-0.39, 0.29) is 17.5 Å². The summed E-state index contributed by atoms with van der Waals surface area (Å²) < 4.78 is 19.4. The maximum absolute atomic E-state index is 13.9. The van der Waals surface area contributed by atoms with Gasteiger partial charge < -0.3 is 15.2 Å². The van der Waals surface area contributed by atoms with Gasteiger partial charge >= 0.3 is 5.97 Å². The van der Waals surface area contributed by atoms with Gasteiger partial charge in [-0.1, -0.05) is 18.2 Å². The van der Waals surface area contributed by atoms with Gasteiger partial charge in [-0.3, -0.25) is 0 Å². The van der Waals surface area contributed by atoms with Gasteiger partial charge in [-0.05, 0) is 31.0 Å². The lowest BCUT2D eigenvalue weighted by molar-refractivity contribution is 0.0690. The zero-order valence-corrected chi connectivity index (χ0v) is 11.8. The molecule has 2 aromatic rings. The van der Waals surface area contributed by atoms with Gasteiger partial charge in [0.1, 0.15) is 5.82 Å². The van der Waals surface area contributed by atoms with Crippen molar-refractivity contribution in [2.75, 3.05) is 11.9 Å². The monoisotopic (exact) mass is 302 g/mol. The highest BCUT2D eigenvalue weighted by molar-refractivity contribution is 5.85. The number of fused-ring (bicyclic) bond motifs is 1. The number of hydrogen-bond acceptors (Lipinski definition) is 4. The van der Waals surface area contributed by atoms with Crippen molar-refractivity contribution in [2.45, 2.75) is 18.9 Å². The number of para-hydroxylation sites is 1. The fourth-order valence-electron chi connectivity index (χ4n) is 2.53. The van der Waals surface area contributed by atoms with Crippen LogP contribution in [0.2, 0.25) is 0 Å². The molecule has 0 radical (unpaired) electrons. The average Bonchev–Trinajstić information content (AvgIpc) is 2.71. The summed E-state index contributed by atoms with van der Waals surface area (Å²) in [6.07, 6.45) is 1.51. The van der Waals surface area contributed by atoms with Crippen molar-refractivity contribution in [2.24, 2.45) is 0 Å². The number of aromatic nitrogens is 1. The Morgan fingerprint density at radius 1 is 1.32 bits per heavy atom. The molecule has 2 N–H and O–H groups in total. The molecule has 22 heavy (non-hydrogen) atoms. The second kappa shape index (κ2) is 6.01. The van der Waals surface area contributed by atoms with E-state index in [2.05, 4.69) is 10.3 Å². The van der Waals surface area contributed by atoms with Gasteiger partial charge in [-0.2, -0.15) is 0 Å². The number of carboxylic acid groups (broad SMARTS) is 1. The molecular weight excluding hydrogens is 287 g/mol. The maximum Gasteiger partial charge on any atom is 0.354 e. The molecule has 5 nitrogen and oxygen atoms in total. The smallest absolute Gasteiger partial charge is 0.354 e. The summed E-state index contributed by atoms with van der Waals surface area (Å²) in [7, 11) is 0. The molecule has 1 aromatic carbocycles. The minimum absolute atomic E-state index is 0.0330. The second-order valence-electron chi connectivity index (χ2n) is 5.06. The number of carboxylic acids is 1. The molecule has 0 amide bonds. The predicted octanol–water partition coefficient (Wildman–Crippen LogP) is 3.24. The third kappa shape index (κ3) is 2.86. The molecule has 0 spiro atoms. The van der Waals surface area contributed by atoms with Crippen molar-refractivity contribution in [1.29, 1.82) is 0 Å². The lowest BCUT2D eigenvalue weighted by atomic mass is 10.0. The van der Waals surface area contributed by atoms with Crippen molar-refractivity contribution < 1.29 is 19.0 Å². The van der Waals surface area contributed by atoms with Crippen LogP contribution in [0.15, 0.2) is 36.4 Å². The van der Waals surface area contributed by atoms with Gasteiger partial charge in [-0.15, -0.1) is 0 Å². The standard InChI is InChI=1S/C16H15FN2O3/c17-11-5-1-4-10-12(7-3-9-22-15(10)11)18-14-8-2-6-13(19-14)16(20)21/h1-2,4-6,8,12H,3,7,9H2,(H,18,19)(H,20,21). The van der Waals surface area contributed by atoms with E-state index in [0.29, 0.717) is 12.4 Å².